The number of nitrogens with one attached hydrogen (secondary N) is 1. The van der Waals surface area contributed by atoms with Gasteiger partial charge in [-0.3, -0.25) is 9.59 Å². The number of nitrogens with zero attached hydrogens (tertiary/aromatic N) is 1. The minimum absolute atomic E-state index is 0.0721. The van der Waals surface area contributed by atoms with Gasteiger partial charge in [-0.05, 0) is 42.0 Å². The number of carbonyl (C=O) groups excluding carboxylic acids is 2. The molecule has 1 aliphatic heterocycles. The van der Waals surface area contributed by atoms with E-state index in [9.17, 15) is 22.8 Å². The van der Waals surface area contributed by atoms with Crippen molar-refractivity contribution in [1.29, 1.82) is 0 Å². The standard InChI is InChI=1S/C23H23F3N2O2/c24-23(25,26)17-10-8-15(9-11-17)18-13-19(18)22(30)27-20(16-5-2-1-3-6-16)14-28-12-4-7-21(28)29/h1-3,5-6,8-11,18-20H,4,7,12-14H2,(H,27,30). The van der Waals surface area contributed by atoms with Gasteiger partial charge in [0.25, 0.3) is 0 Å². The van der Waals surface area contributed by atoms with Gasteiger partial charge >= 0.3 is 6.18 Å². The lowest BCUT2D eigenvalue weighted by atomic mass is 10.0. The van der Waals surface area contributed by atoms with Gasteiger partial charge in [-0.15, -0.1) is 0 Å². The number of alkyl halides is 3. The van der Waals surface area contributed by atoms with Crippen molar-refractivity contribution in [3.8, 4) is 0 Å². The minimum atomic E-state index is -4.37. The quantitative estimate of drug-likeness (QED) is 0.764. The van der Waals surface area contributed by atoms with Gasteiger partial charge in [-0.25, -0.2) is 0 Å². The third kappa shape index (κ3) is 4.50. The van der Waals surface area contributed by atoms with Crippen LogP contribution < -0.4 is 5.32 Å². The molecule has 1 saturated carbocycles. The highest BCUT2D eigenvalue weighted by Gasteiger charge is 2.45. The Morgan fingerprint density at radius 3 is 2.40 bits per heavy atom. The summed E-state index contributed by atoms with van der Waals surface area (Å²) in [6.45, 7) is 1.11. The van der Waals surface area contributed by atoms with Crippen molar-refractivity contribution in [2.24, 2.45) is 5.92 Å². The van der Waals surface area contributed by atoms with E-state index in [4.69, 9.17) is 0 Å². The highest BCUT2D eigenvalue weighted by atomic mass is 19.4. The molecule has 0 radical (unpaired) electrons. The lowest BCUT2D eigenvalue weighted by Crippen LogP contribution is -2.39. The summed E-state index contributed by atoms with van der Waals surface area (Å²) in [5.74, 6) is -0.362. The molecule has 1 saturated heterocycles. The molecular weight excluding hydrogens is 393 g/mol. The molecule has 1 N–H and O–H groups in total. The number of carbonyl (C=O) groups is 2. The van der Waals surface area contributed by atoms with Crippen LogP contribution in [0.3, 0.4) is 0 Å². The van der Waals surface area contributed by atoms with Crippen molar-refractivity contribution in [3.63, 3.8) is 0 Å². The molecule has 2 aromatic carbocycles. The maximum atomic E-state index is 12.9. The topological polar surface area (TPSA) is 49.4 Å². The van der Waals surface area contributed by atoms with E-state index in [1.165, 1.54) is 12.1 Å². The van der Waals surface area contributed by atoms with Crippen molar-refractivity contribution in [3.05, 3.63) is 71.3 Å². The Bertz CT molecular complexity index is 912. The van der Waals surface area contributed by atoms with Crippen molar-refractivity contribution in [1.82, 2.24) is 10.2 Å². The molecule has 0 aromatic heterocycles. The fourth-order valence-electron chi connectivity index (χ4n) is 4.09. The Balaban J connectivity index is 1.42. The zero-order valence-corrected chi connectivity index (χ0v) is 16.4. The van der Waals surface area contributed by atoms with Crippen LogP contribution in [0.1, 0.15) is 47.9 Å². The third-order valence-corrected chi connectivity index (χ3v) is 5.89. The van der Waals surface area contributed by atoms with E-state index >= 15 is 0 Å². The number of benzene rings is 2. The van der Waals surface area contributed by atoms with Crippen LogP contribution in [0.2, 0.25) is 0 Å². The first-order valence-electron chi connectivity index (χ1n) is 10.1. The summed E-state index contributed by atoms with van der Waals surface area (Å²) >= 11 is 0. The molecule has 2 amide bonds. The molecule has 158 valence electrons. The Morgan fingerprint density at radius 1 is 1.10 bits per heavy atom. The average Bonchev–Trinajstić information content (AvgIpc) is 3.44. The highest BCUT2D eigenvalue weighted by Crippen LogP contribution is 2.48. The normalized spacial score (nSPS) is 22.1. The maximum absolute atomic E-state index is 12.9. The first kappa shape index (κ1) is 20.4. The molecule has 3 atom stereocenters. The van der Waals surface area contributed by atoms with E-state index in [0.29, 0.717) is 25.9 Å². The Hall–Kier alpha value is -2.83. The minimum Gasteiger partial charge on any atom is -0.347 e. The molecule has 2 aliphatic rings. The number of halogens is 3. The second-order valence-electron chi connectivity index (χ2n) is 7.98. The van der Waals surface area contributed by atoms with Gasteiger partial charge in [0.05, 0.1) is 11.6 Å². The number of hydrogen-bond donors (Lipinski definition) is 1. The lowest BCUT2D eigenvalue weighted by molar-refractivity contribution is -0.137. The molecule has 7 heteroatoms. The summed E-state index contributed by atoms with van der Waals surface area (Å²) in [6, 6.07) is 14.3. The van der Waals surface area contributed by atoms with Gasteiger partial charge in [0, 0.05) is 25.4 Å². The first-order chi connectivity index (χ1) is 14.3. The SMILES string of the molecule is O=C(NC(CN1CCCC1=O)c1ccccc1)C1CC1c1ccc(C(F)(F)F)cc1. The van der Waals surface area contributed by atoms with E-state index < -0.39 is 11.7 Å². The van der Waals surface area contributed by atoms with Crippen molar-refractivity contribution < 1.29 is 22.8 Å². The van der Waals surface area contributed by atoms with Gasteiger partial charge in [0.2, 0.25) is 11.8 Å². The summed E-state index contributed by atoms with van der Waals surface area (Å²) in [5.41, 5.74) is 0.985. The van der Waals surface area contributed by atoms with Crippen LogP contribution >= 0.6 is 0 Å². The molecule has 2 fully saturated rings. The number of likely N-dealkylation sites (tertiary alicyclic amines) is 1. The van der Waals surface area contributed by atoms with Crippen molar-refractivity contribution >= 4 is 11.8 Å². The average molecular weight is 416 g/mol. The maximum Gasteiger partial charge on any atom is 0.416 e. The first-order valence-corrected chi connectivity index (χ1v) is 10.1. The van der Waals surface area contributed by atoms with Crippen LogP contribution in [0.25, 0.3) is 0 Å². The molecule has 0 spiro atoms. The summed E-state index contributed by atoms with van der Waals surface area (Å²) in [7, 11) is 0. The number of hydrogen-bond acceptors (Lipinski definition) is 2. The second-order valence-corrected chi connectivity index (χ2v) is 7.98. The predicted octanol–water partition coefficient (Wildman–Crippen LogP) is 4.29. The van der Waals surface area contributed by atoms with Gasteiger partial charge < -0.3 is 10.2 Å². The van der Waals surface area contributed by atoms with E-state index in [1.807, 2.05) is 30.3 Å². The summed E-state index contributed by atoms with van der Waals surface area (Å²) in [6.07, 6.45) is -2.39. The molecule has 1 aliphatic carbocycles. The summed E-state index contributed by atoms with van der Waals surface area (Å²) in [5, 5.41) is 3.07. The monoisotopic (exact) mass is 416 g/mol. The molecule has 4 rings (SSSR count). The molecule has 4 nitrogen and oxygen atoms in total. The van der Waals surface area contributed by atoms with Gasteiger partial charge in [-0.2, -0.15) is 13.2 Å². The van der Waals surface area contributed by atoms with Crippen LogP contribution in [0.5, 0.6) is 0 Å². The van der Waals surface area contributed by atoms with E-state index in [1.54, 1.807) is 4.90 Å². The second kappa shape index (κ2) is 8.13. The van der Waals surface area contributed by atoms with E-state index in [2.05, 4.69) is 5.32 Å². The van der Waals surface area contributed by atoms with Gasteiger partial charge in [0.15, 0.2) is 0 Å². The highest BCUT2D eigenvalue weighted by molar-refractivity contribution is 5.83. The van der Waals surface area contributed by atoms with Crippen LogP contribution in [-0.2, 0) is 15.8 Å². The largest absolute Gasteiger partial charge is 0.416 e. The predicted molar refractivity (Wildman–Crippen MR) is 105 cm³/mol. The van der Waals surface area contributed by atoms with Crippen molar-refractivity contribution in [2.45, 2.75) is 37.4 Å². The zero-order chi connectivity index (χ0) is 21.3. The Kier molecular flexibility index (Phi) is 5.54. The fraction of sp³-hybridized carbons (Fsp3) is 0.391. The van der Waals surface area contributed by atoms with Gasteiger partial charge in [-0.1, -0.05) is 42.5 Å². The summed E-state index contributed by atoms with van der Waals surface area (Å²) in [4.78, 5) is 26.7. The van der Waals surface area contributed by atoms with E-state index in [-0.39, 0.29) is 29.7 Å². The molecular formula is C23H23F3N2O2. The zero-order valence-electron chi connectivity index (χ0n) is 16.4. The number of rotatable bonds is 6. The van der Waals surface area contributed by atoms with E-state index in [0.717, 1.165) is 29.7 Å². The molecule has 1 heterocycles. The Morgan fingerprint density at radius 2 is 1.80 bits per heavy atom. The van der Waals surface area contributed by atoms with Crippen LogP contribution in [0.4, 0.5) is 13.2 Å². The third-order valence-electron chi connectivity index (χ3n) is 5.89. The van der Waals surface area contributed by atoms with Crippen molar-refractivity contribution in [2.75, 3.05) is 13.1 Å². The fourth-order valence-corrected chi connectivity index (χ4v) is 4.09. The summed E-state index contributed by atoms with van der Waals surface area (Å²) < 4.78 is 38.2. The molecule has 0 bridgehead atoms. The smallest absolute Gasteiger partial charge is 0.347 e. The molecule has 30 heavy (non-hydrogen) atoms. The van der Waals surface area contributed by atoms with Crippen LogP contribution in [0, 0.1) is 5.92 Å². The Labute approximate surface area is 173 Å². The molecule has 2 aromatic rings. The van der Waals surface area contributed by atoms with Crippen LogP contribution in [0.15, 0.2) is 54.6 Å². The molecule has 3 unspecified atom stereocenters. The van der Waals surface area contributed by atoms with Gasteiger partial charge in [0.1, 0.15) is 0 Å². The van der Waals surface area contributed by atoms with Crippen LogP contribution in [-0.4, -0.2) is 29.8 Å². The number of amides is 2. The lowest BCUT2D eigenvalue weighted by Gasteiger charge is -2.25.